The smallest absolute Gasteiger partial charge is 0.182 e. The highest BCUT2D eigenvalue weighted by Crippen LogP contribution is 2.29. The molecule has 0 atom stereocenters. The van der Waals surface area contributed by atoms with Crippen LogP contribution < -0.4 is 5.43 Å². The van der Waals surface area contributed by atoms with Crippen LogP contribution in [0.2, 0.25) is 5.02 Å². The first-order chi connectivity index (χ1) is 5.11. The van der Waals surface area contributed by atoms with Gasteiger partial charge in [-0.05, 0) is 12.1 Å². The van der Waals surface area contributed by atoms with Gasteiger partial charge >= 0.3 is 0 Å². The Labute approximate surface area is 67.5 Å². The van der Waals surface area contributed by atoms with E-state index in [-0.39, 0.29) is 5.02 Å². The fourth-order valence-electron chi connectivity index (χ4n) is 0.608. The molecule has 2 N–H and O–H groups in total. The van der Waals surface area contributed by atoms with Gasteiger partial charge in [-0.1, -0.05) is 11.6 Å². The summed E-state index contributed by atoms with van der Waals surface area (Å²) in [6.07, 6.45) is 0. The summed E-state index contributed by atoms with van der Waals surface area (Å²) in [4.78, 5) is 10.7. The topological polar surface area (TPSA) is 57.5 Å². The minimum Gasteiger partial charge on any atom is -0.504 e. The van der Waals surface area contributed by atoms with E-state index in [2.05, 4.69) is 0 Å². The molecule has 0 saturated carbocycles. The maximum absolute atomic E-state index is 10.7. The lowest BCUT2D eigenvalue weighted by Gasteiger charge is -1.90. The van der Waals surface area contributed by atoms with E-state index in [0.717, 1.165) is 12.1 Å². The van der Waals surface area contributed by atoms with Gasteiger partial charge in [-0.25, -0.2) is 0 Å². The summed E-state index contributed by atoms with van der Waals surface area (Å²) >= 11 is 5.42. The molecule has 0 amide bonds. The van der Waals surface area contributed by atoms with Gasteiger partial charge in [0, 0.05) is 6.07 Å². The Kier molecular flexibility index (Phi) is 2.01. The zero-order chi connectivity index (χ0) is 8.43. The molecule has 0 fully saturated rings. The highest BCUT2D eigenvalue weighted by Gasteiger charge is 2.01. The van der Waals surface area contributed by atoms with Crippen molar-refractivity contribution in [1.82, 2.24) is 0 Å². The van der Waals surface area contributed by atoms with E-state index in [1.165, 1.54) is 6.07 Å². The summed E-state index contributed by atoms with van der Waals surface area (Å²) in [5.74, 6) is -0.987. The summed E-state index contributed by atoms with van der Waals surface area (Å²) in [6.45, 7) is 0. The second kappa shape index (κ2) is 2.80. The van der Waals surface area contributed by atoms with Crippen LogP contribution in [0.4, 0.5) is 0 Å². The molecule has 1 aromatic rings. The maximum atomic E-state index is 10.7. The van der Waals surface area contributed by atoms with Gasteiger partial charge in [0.15, 0.2) is 16.9 Å². The molecule has 0 aromatic heterocycles. The second-order valence-electron chi connectivity index (χ2n) is 1.96. The monoisotopic (exact) mass is 172 g/mol. The van der Waals surface area contributed by atoms with Gasteiger partial charge in [0.1, 0.15) is 0 Å². The van der Waals surface area contributed by atoms with Crippen LogP contribution in [0.5, 0.6) is 11.5 Å². The molecule has 0 aliphatic heterocycles. The van der Waals surface area contributed by atoms with Gasteiger partial charge < -0.3 is 10.2 Å². The standard InChI is InChI=1S/C7H5ClO3/c8-5-2-1-4(9)3-6(10)7(5)11/h1-3,10-11H. The Morgan fingerprint density at radius 2 is 1.91 bits per heavy atom. The van der Waals surface area contributed by atoms with Gasteiger partial charge in [0.25, 0.3) is 0 Å². The van der Waals surface area contributed by atoms with Crippen molar-refractivity contribution in [1.29, 1.82) is 0 Å². The second-order valence-corrected chi connectivity index (χ2v) is 2.37. The Bertz CT molecular complexity index is 335. The summed E-state index contributed by atoms with van der Waals surface area (Å²) in [5, 5.41) is 17.8. The molecular weight excluding hydrogens is 168 g/mol. The van der Waals surface area contributed by atoms with Gasteiger partial charge in [0.2, 0.25) is 0 Å². The number of aromatic hydroxyl groups is 2. The van der Waals surface area contributed by atoms with Gasteiger partial charge in [-0.2, -0.15) is 0 Å². The van der Waals surface area contributed by atoms with Crippen LogP contribution in [0.25, 0.3) is 0 Å². The van der Waals surface area contributed by atoms with Crippen LogP contribution in [0.15, 0.2) is 23.0 Å². The van der Waals surface area contributed by atoms with Crippen LogP contribution in [-0.2, 0) is 0 Å². The summed E-state index contributed by atoms with van der Waals surface area (Å²) in [7, 11) is 0. The summed E-state index contributed by atoms with van der Waals surface area (Å²) in [6, 6.07) is 3.27. The number of hydrogen-bond donors (Lipinski definition) is 2. The zero-order valence-corrected chi connectivity index (χ0v) is 6.17. The van der Waals surface area contributed by atoms with Crippen molar-refractivity contribution in [3.63, 3.8) is 0 Å². The Morgan fingerprint density at radius 3 is 2.55 bits per heavy atom. The molecule has 0 aliphatic carbocycles. The van der Waals surface area contributed by atoms with E-state index in [1.54, 1.807) is 0 Å². The lowest BCUT2D eigenvalue weighted by Crippen LogP contribution is -1.88. The van der Waals surface area contributed by atoms with Crippen molar-refractivity contribution in [3.05, 3.63) is 33.4 Å². The number of halogens is 1. The number of hydrogen-bond acceptors (Lipinski definition) is 3. The predicted octanol–water partition coefficient (Wildman–Crippen LogP) is 1.11. The average Bonchev–Trinajstić information content (AvgIpc) is 2.05. The molecule has 4 heteroatoms. The molecular formula is C7H5ClO3. The van der Waals surface area contributed by atoms with Crippen molar-refractivity contribution in [2.24, 2.45) is 0 Å². The van der Waals surface area contributed by atoms with Crippen LogP contribution in [-0.4, -0.2) is 10.2 Å². The molecule has 11 heavy (non-hydrogen) atoms. The van der Waals surface area contributed by atoms with Crippen LogP contribution >= 0.6 is 11.6 Å². The SMILES string of the molecule is O=c1ccc(Cl)c(O)c(O)c1. The first kappa shape index (κ1) is 7.88. The molecule has 0 radical (unpaired) electrons. The zero-order valence-electron chi connectivity index (χ0n) is 5.41. The number of rotatable bonds is 0. The molecule has 58 valence electrons. The Morgan fingerprint density at radius 1 is 1.27 bits per heavy atom. The largest absolute Gasteiger partial charge is 0.504 e. The third kappa shape index (κ3) is 1.62. The lowest BCUT2D eigenvalue weighted by atomic mass is 10.4. The van der Waals surface area contributed by atoms with Crippen molar-refractivity contribution in [2.75, 3.05) is 0 Å². The van der Waals surface area contributed by atoms with E-state index < -0.39 is 16.9 Å². The van der Waals surface area contributed by atoms with Crippen LogP contribution in [0, 0.1) is 0 Å². The van der Waals surface area contributed by atoms with Gasteiger partial charge in [0.05, 0.1) is 5.02 Å². The predicted molar refractivity (Wildman–Crippen MR) is 41.1 cm³/mol. The van der Waals surface area contributed by atoms with E-state index in [0.29, 0.717) is 0 Å². The molecule has 0 spiro atoms. The fourth-order valence-corrected chi connectivity index (χ4v) is 0.768. The summed E-state index contributed by atoms with van der Waals surface area (Å²) in [5.41, 5.74) is -0.412. The Balaban J connectivity index is 3.56. The highest BCUT2D eigenvalue weighted by atomic mass is 35.5. The Hall–Kier alpha value is -1.22. The molecule has 0 aliphatic rings. The van der Waals surface area contributed by atoms with Crippen molar-refractivity contribution in [3.8, 4) is 11.5 Å². The van der Waals surface area contributed by atoms with Crippen molar-refractivity contribution in [2.45, 2.75) is 0 Å². The van der Waals surface area contributed by atoms with E-state index in [4.69, 9.17) is 21.8 Å². The van der Waals surface area contributed by atoms with Crippen molar-refractivity contribution >= 4 is 11.6 Å². The minimum atomic E-state index is -0.509. The maximum Gasteiger partial charge on any atom is 0.182 e. The third-order valence-electron chi connectivity index (χ3n) is 1.14. The van der Waals surface area contributed by atoms with Gasteiger partial charge in [-0.3, -0.25) is 4.79 Å². The summed E-state index contributed by atoms with van der Waals surface area (Å²) < 4.78 is 0. The molecule has 3 nitrogen and oxygen atoms in total. The fraction of sp³-hybridized carbons (Fsp3) is 0. The van der Waals surface area contributed by atoms with Crippen molar-refractivity contribution < 1.29 is 10.2 Å². The first-order valence-corrected chi connectivity index (χ1v) is 3.21. The lowest BCUT2D eigenvalue weighted by molar-refractivity contribution is 0.405. The van der Waals surface area contributed by atoms with Crippen LogP contribution in [0.1, 0.15) is 0 Å². The molecule has 1 aromatic carbocycles. The molecule has 0 heterocycles. The molecule has 0 saturated heterocycles. The third-order valence-corrected chi connectivity index (χ3v) is 1.45. The van der Waals surface area contributed by atoms with E-state index >= 15 is 0 Å². The van der Waals surface area contributed by atoms with Crippen LogP contribution in [0.3, 0.4) is 0 Å². The average molecular weight is 173 g/mol. The highest BCUT2D eigenvalue weighted by molar-refractivity contribution is 6.32. The minimum absolute atomic E-state index is 0.0513. The molecule has 0 unspecified atom stereocenters. The quantitative estimate of drug-likeness (QED) is 0.617. The van der Waals surface area contributed by atoms with Gasteiger partial charge in [-0.15, -0.1) is 0 Å². The first-order valence-electron chi connectivity index (χ1n) is 2.83. The molecule has 1 rings (SSSR count). The molecule has 0 bridgehead atoms. The van der Waals surface area contributed by atoms with E-state index in [9.17, 15) is 4.79 Å². The normalized spacial score (nSPS) is 9.55. The van der Waals surface area contributed by atoms with E-state index in [1.807, 2.05) is 0 Å².